The van der Waals surface area contributed by atoms with Gasteiger partial charge in [0.2, 0.25) is 0 Å². The molecule has 0 aromatic carbocycles. The molecule has 10 nitrogen and oxygen atoms in total. The number of aliphatic hydroxyl groups is 4. The first-order chi connectivity index (χ1) is 27.8. The number of aliphatic hydroxyl groups excluding tert-OH is 4. The number of rotatable bonds is 36. The first kappa shape index (κ1) is 52.4. The van der Waals surface area contributed by atoms with E-state index in [1.165, 1.54) is 44.9 Å². The Morgan fingerprint density at radius 1 is 0.544 bits per heavy atom. The zero-order chi connectivity index (χ0) is 41.6. The van der Waals surface area contributed by atoms with Gasteiger partial charge in [-0.3, -0.25) is 9.59 Å². The van der Waals surface area contributed by atoms with Crippen LogP contribution in [0.1, 0.15) is 168 Å². The highest BCUT2D eigenvalue weighted by Gasteiger charge is 2.44. The Morgan fingerprint density at radius 2 is 0.982 bits per heavy atom. The van der Waals surface area contributed by atoms with Crippen LogP contribution in [0.5, 0.6) is 0 Å². The predicted octanol–water partition coefficient (Wildman–Crippen LogP) is 9.44. The fraction of sp³-hybridized carbons (Fsp3) is 0.745. The molecule has 4 N–H and O–H groups in total. The summed E-state index contributed by atoms with van der Waals surface area (Å²) in [6.45, 7) is 3.32. The van der Waals surface area contributed by atoms with Gasteiger partial charge in [-0.2, -0.15) is 0 Å². The molecule has 0 spiro atoms. The molecular formula is C47H80O10. The van der Waals surface area contributed by atoms with E-state index >= 15 is 0 Å². The van der Waals surface area contributed by atoms with E-state index in [-0.39, 0.29) is 26.1 Å². The second kappa shape index (κ2) is 37.7. The van der Waals surface area contributed by atoms with Crippen molar-refractivity contribution in [2.45, 2.75) is 205 Å². The molecule has 57 heavy (non-hydrogen) atoms. The lowest BCUT2D eigenvalue weighted by Gasteiger charge is -2.39. The minimum atomic E-state index is -1.60. The normalized spacial score (nSPS) is 20.8. The average Bonchev–Trinajstić information content (AvgIpc) is 3.21. The summed E-state index contributed by atoms with van der Waals surface area (Å²) >= 11 is 0. The van der Waals surface area contributed by atoms with Crippen molar-refractivity contribution < 1.29 is 49.0 Å². The van der Waals surface area contributed by atoms with Crippen LogP contribution in [0.25, 0.3) is 0 Å². The number of unbranched alkanes of at least 4 members (excludes halogenated alkanes) is 15. The average molecular weight is 805 g/mol. The molecule has 0 radical (unpaired) electrons. The van der Waals surface area contributed by atoms with Gasteiger partial charge in [0.1, 0.15) is 31.0 Å². The van der Waals surface area contributed by atoms with Crippen molar-refractivity contribution in [2.24, 2.45) is 0 Å². The SMILES string of the molecule is CCCCC/C=C/C/C=C/C/C=C/CCCCCCC(=O)OC[C@@H](CO[C@H]1O[C@@H](CO)[C@@H](O)C(O)C1O)OC(=O)CCCCCCC/C=C/C/C=C/CCCCC. The Hall–Kier alpha value is -2.60. The molecule has 6 atom stereocenters. The maximum atomic E-state index is 12.8. The second-order valence-electron chi connectivity index (χ2n) is 15.1. The fourth-order valence-corrected chi connectivity index (χ4v) is 6.28. The summed E-state index contributed by atoms with van der Waals surface area (Å²) in [5.41, 5.74) is 0. The van der Waals surface area contributed by atoms with Crippen LogP contribution in [0.4, 0.5) is 0 Å². The lowest BCUT2D eigenvalue weighted by atomic mass is 9.99. The highest BCUT2D eigenvalue weighted by atomic mass is 16.7. The lowest BCUT2D eigenvalue weighted by molar-refractivity contribution is -0.305. The van der Waals surface area contributed by atoms with Crippen LogP contribution in [0, 0.1) is 0 Å². The van der Waals surface area contributed by atoms with Crippen LogP contribution >= 0.6 is 0 Å². The van der Waals surface area contributed by atoms with Crippen molar-refractivity contribution >= 4 is 11.9 Å². The van der Waals surface area contributed by atoms with Crippen molar-refractivity contribution in [3.05, 3.63) is 60.8 Å². The number of carbonyl (C=O) groups is 2. The first-order valence-electron chi connectivity index (χ1n) is 22.4. The van der Waals surface area contributed by atoms with Crippen molar-refractivity contribution in [3.8, 4) is 0 Å². The molecular weight excluding hydrogens is 725 g/mol. The number of allylic oxidation sites excluding steroid dienone is 10. The monoisotopic (exact) mass is 805 g/mol. The number of hydrogen-bond donors (Lipinski definition) is 4. The summed E-state index contributed by atoms with van der Waals surface area (Å²) in [6.07, 6.45) is 37.9. The van der Waals surface area contributed by atoms with Crippen LogP contribution in [0.3, 0.4) is 0 Å². The minimum absolute atomic E-state index is 0.206. The van der Waals surface area contributed by atoms with Crippen LogP contribution in [0.15, 0.2) is 60.8 Å². The van der Waals surface area contributed by atoms with Crippen LogP contribution in [0.2, 0.25) is 0 Å². The van der Waals surface area contributed by atoms with Gasteiger partial charge in [0.25, 0.3) is 0 Å². The molecule has 1 aliphatic heterocycles. The summed E-state index contributed by atoms with van der Waals surface area (Å²) in [4.78, 5) is 25.3. The summed E-state index contributed by atoms with van der Waals surface area (Å²) < 4.78 is 22.1. The van der Waals surface area contributed by atoms with Gasteiger partial charge < -0.3 is 39.4 Å². The van der Waals surface area contributed by atoms with Gasteiger partial charge in [-0.15, -0.1) is 0 Å². The van der Waals surface area contributed by atoms with E-state index < -0.39 is 55.4 Å². The van der Waals surface area contributed by atoms with Gasteiger partial charge in [0, 0.05) is 12.8 Å². The standard InChI is InChI=1S/C47H80O10/c1-3-5-7-9-11-13-15-17-19-20-22-23-25-27-29-31-33-35-42(49)54-38-40(39-55-47-46(53)45(52)44(51)41(37-48)57-47)56-43(50)36-34-32-30-28-26-24-21-18-16-14-12-10-8-6-4-2/h11-14,17-19,21-23,40-41,44-48,51-53H,3-10,15-16,20,24-39H2,1-2H3/b13-11+,14-12+,19-17+,21-18+,23-22+/t40-,41-,44+,45?,46?,47-/m0/s1. The molecule has 1 aliphatic rings. The van der Waals surface area contributed by atoms with Gasteiger partial charge in [-0.25, -0.2) is 0 Å². The molecule has 0 aromatic heterocycles. The van der Waals surface area contributed by atoms with E-state index in [0.717, 1.165) is 83.5 Å². The second-order valence-corrected chi connectivity index (χ2v) is 15.1. The summed E-state index contributed by atoms with van der Waals surface area (Å²) in [7, 11) is 0. The Morgan fingerprint density at radius 3 is 1.47 bits per heavy atom. The van der Waals surface area contributed by atoms with E-state index in [4.69, 9.17) is 18.9 Å². The molecule has 0 bridgehead atoms. The van der Waals surface area contributed by atoms with Gasteiger partial charge in [-0.1, -0.05) is 132 Å². The van der Waals surface area contributed by atoms with Crippen LogP contribution in [-0.2, 0) is 28.5 Å². The van der Waals surface area contributed by atoms with Crippen LogP contribution < -0.4 is 0 Å². The van der Waals surface area contributed by atoms with Gasteiger partial charge in [0.05, 0.1) is 13.2 Å². The van der Waals surface area contributed by atoms with E-state index in [9.17, 15) is 30.0 Å². The maximum Gasteiger partial charge on any atom is 0.306 e. The number of ether oxygens (including phenoxy) is 4. The third-order valence-electron chi connectivity index (χ3n) is 9.88. The maximum absolute atomic E-state index is 12.8. The van der Waals surface area contributed by atoms with Crippen molar-refractivity contribution in [3.63, 3.8) is 0 Å². The summed E-state index contributed by atoms with van der Waals surface area (Å²) in [5, 5.41) is 40.1. The summed E-state index contributed by atoms with van der Waals surface area (Å²) in [5.74, 6) is -0.852. The van der Waals surface area contributed by atoms with Crippen molar-refractivity contribution in [1.29, 1.82) is 0 Å². The van der Waals surface area contributed by atoms with E-state index in [1.807, 2.05) is 0 Å². The molecule has 1 rings (SSSR count). The van der Waals surface area contributed by atoms with E-state index in [0.29, 0.717) is 12.8 Å². The number of carbonyl (C=O) groups excluding carboxylic acids is 2. The molecule has 0 saturated carbocycles. The molecule has 1 heterocycles. The lowest BCUT2D eigenvalue weighted by Crippen LogP contribution is -2.59. The number of esters is 2. The minimum Gasteiger partial charge on any atom is -0.462 e. The molecule has 328 valence electrons. The molecule has 0 amide bonds. The first-order valence-corrected chi connectivity index (χ1v) is 22.4. The molecule has 10 heteroatoms. The molecule has 1 fully saturated rings. The fourth-order valence-electron chi connectivity index (χ4n) is 6.28. The Labute approximate surface area is 345 Å². The zero-order valence-corrected chi connectivity index (χ0v) is 35.6. The number of hydrogen-bond acceptors (Lipinski definition) is 10. The zero-order valence-electron chi connectivity index (χ0n) is 35.6. The Bertz CT molecular complexity index is 1110. The molecule has 0 aliphatic carbocycles. The smallest absolute Gasteiger partial charge is 0.306 e. The largest absolute Gasteiger partial charge is 0.462 e. The third kappa shape index (κ3) is 29.3. The van der Waals surface area contributed by atoms with Crippen molar-refractivity contribution in [1.82, 2.24) is 0 Å². The Balaban J connectivity index is 2.37. The third-order valence-corrected chi connectivity index (χ3v) is 9.88. The topological polar surface area (TPSA) is 152 Å². The van der Waals surface area contributed by atoms with E-state index in [2.05, 4.69) is 74.6 Å². The Kier molecular flexibility index (Phi) is 34.6. The highest BCUT2D eigenvalue weighted by molar-refractivity contribution is 5.70. The predicted molar refractivity (Wildman–Crippen MR) is 228 cm³/mol. The molecule has 1 saturated heterocycles. The molecule has 2 unspecified atom stereocenters. The van der Waals surface area contributed by atoms with Gasteiger partial charge in [-0.05, 0) is 83.5 Å². The van der Waals surface area contributed by atoms with Crippen LogP contribution in [-0.4, -0.2) is 89.0 Å². The van der Waals surface area contributed by atoms with E-state index in [1.54, 1.807) is 0 Å². The van der Waals surface area contributed by atoms with Gasteiger partial charge >= 0.3 is 11.9 Å². The highest BCUT2D eigenvalue weighted by Crippen LogP contribution is 2.22. The molecule has 0 aromatic rings. The quantitative estimate of drug-likeness (QED) is 0.0274. The van der Waals surface area contributed by atoms with Gasteiger partial charge in [0.15, 0.2) is 12.4 Å². The summed E-state index contributed by atoms with van der Waals surface area (Å²) in [6, 6.07) is 0. The van der Waals surface area contributed by atoms with Crippen molar-refractivity contribution in [2.75, 3.05) is 19.8 Å².